The lowest BCUT2D eigenvalue weighted by Gasteiger charge is -2.17. The minimum absolute atomic E-state index is 0.139. The zero-order valence-electron chi connectivity index (χ0n) is 18.4. The number of nitriles is 1. The van der Waals surface area contributed by atoms with Crippen molar-refractivity contribution in [2.45, 2.75) is 19.4 Å². The Hall–Kier alpha value is -3.83. The van der Waals surface area contributed by atoms with Crippen molar-refractivity contribution in [1.29, 1.82) is 5.26 Å². The monoisotopic (exact) mass is 465 g/mol. The third-order valence-electron chi connectivity index (χ3n) is 4.68. The minimum atomic E-state index is -1.54. The van der Waals surface area contributed by atoms with Crippen molar-refractivity contribution < 1.29 is 27.4 Å². The van der Waals surface area contributed by atoms with Crippen LogP contribution in [0.2, 0.25) is 0 Å². The molecule has 0 aliphatic carbocycles. The summed E-state index contributed by atoms with van der Waals surface area (Å²) in [7, 11) is 1.42. The lowest BCUT2D eigenvalue weighted by molar-refractivity contribution is 0.0400. The molecule has 3 aromatic carbocycles. The number of esters is 1. The van der Waals surface area contributed by atoms with Gasteiger partial charge in [-0.05, 0) is 42.8 Å². The summed E-state index contributed by atoms with van der Waals surface area (Å²) < 4.78 is 33.6. The first-order valence-corrected chi connectivity index (χ1v) is 11.6. The molecule has 3 aromatic rings. The van der Waals surface area contributed by atoms with E-state index in [1.165, 1.54) is 25.5 Å². The van der Waals surface area contributed by atoms with Gasteiger partial charge in [0.2, 0.25) is 17.2 Å². The maximum Gasteiger partial charge on any atom is 0.343 e. The van der Waals surface area contributed by atoms with Crippen LogP contribution >= 0.6 is 0 Å². The molecule has 0 aliphatic heterocycles. The molecule has 0 radical (unpaired) electrons. The predicted molar refractivity (Wildman–Crippen MR) is 124 cm³/mol. The Balaban J connectivity index is 1.85. The summed E-state index contributed by atoms with van der Waals surface area (Å²) in [6.45, 7) is 1.86. The molecule has 7 nitrogen and oxygen atoms in total. The fraction of sp³-hybridized carbons (Fsp3) is 0.200. The van der Waals surface area contributed by atoms with Gasteiger partial charge in [0.05, 0.1) is 7.11 Å². The van der Waals surface area contributed by atoms with Gasteiger partial charge in [-0.15, -0.1) is 0 Å². The van der Waals surface area contributed by atoms with E-state index in [1.807, 2.05) is 43.3 Å². The van der Waals surface area contributed by atoms with Crippen LogP contribution in [0, 0.1) is 11.3 Å². The number of carbonyl (C=O) groups is 1. The molecule has 0 saturated heterocycles. The second-order valence-electron chi connectivity index (χ2n) is 6.86. The number of hydrogen-bond donors (Lipinski definition) is 0. The number of nitrogens with zero attached hydrogens (tertiary/aromatic N) is 1. The molecule has 0 unspecified atom stereocenters. The van der Waals surface area contributed by atoms with Crippen LogP contribution in [0.5, 0.6) is 23.0 Å². The van der Waals surface area contributed by atoms with Crippen molar-refractivity contribution >= 4 is 17.0 Å². The molecule has 0 fully saturated rings. The Morgan fingerprint density at radius 3 is 2.42 bits per heavy atom. The van der Waals surface area contributed by atoms with Gasteiger partial charge in [-0.2, -0.15) is 5.26 Å². The second kappa shape index (κ2) is 11.2. The van der Waals surface area contributed by atoms with Gasteiger partial charge in [-0.3, -0.25) is 0 Å². The van der Waals surface area contributed by atoms with E-state index in [1.54, 1.807) is 24.3 Å². The first-order chi connectivity index (χ1) is 16.0. The summed E-state index contributed by atoms with van der Waals surface area (Å²) in [4.78, 5) is 13.0. The number of hydrogen-bond acceptors (Lipinski definition) is 7. The number of ether oxygens (including phenoxy) is 3. The fourth-order valence-corrected chi connectivity index (χ4v) is 3.66. The van der Waals surface area contributed by atoms with E-state index in [2.05, 4.69) is 0 Å². The third-order valence-corrected chi connectivity index (χ3v) is 5.10. The molecule has 0 N–H and O–H groups in total. The highest BCUT2D eigenvalue weighted by molar-refractivity contribution is 7.79. The van der Waals surface area contributed by atoms with Gasteiger partial charge in [-0.25, -0.2) is 9.00 Å². The summed E-state index contributed by atoms with van der Waals surface area (Å²) in [5.74, 6) is 1.03. The van der Waals surface area contributed by atoms with E-state index in [4.69, 9.17) is 18.4 Å². The van der Waals surface area contributed by atoms with Crippen molar-refractivity contribution in [3.8, 4) is 29.1 Å². The first-order valence-electron chi connectivity index (χ1n) is 10.1. The number of carbonyl (C=O) groups excluding carboxylic acids is 1. The molecule has 2 atom stereocenters. The smallest absolute Gasteiger partial charge is 0.343 e. The zero-order valence-corrected chi connectivity index (χ0v) is 19.3. The lowest BCUT2D eigenvalue weighted by atomic mass is 10.0. The zero-order chi connectivity index (χ0) is 23.8. The molecular formula is C25H23NO6S. The third kappa shape index (κ3) is 5.90. The van der Waals surface area contributed by atoms with E-state index in [9.17, 15) is 14.3 Å². The Morgan fingerprint density at radius 2 is 1.79 bits per heavy atom. The number of rotatable bonds is 9. The van der Waals surface area contributed by atoms with Crippen LogP contribution < -0.4 is 13.7 Å². The molecular weight excluding hydrogens is 442 g/mol. The van der Waals surface area contributed by atoms with Gasteiger partial charge in [-0.1, -0.05) is 37.3 Å². The maximum absolute atomic E-state index is 13.0. The van der Waals surface area contributed by atoms with Gasteiger partial charge in [0.15, 0.2) is 0 Å². The molecule has 0 heterocycles. The number of benzene rings is 3. The van der Waals surface area contributed by atoms with Crippen molar-refractivity contribution in [2.75, 3.05) is 13.4 Å². The highest BCUT2D eigenvalue weighted by Crippen LogP contribution is 2.35. The SMILES string of the molecule is CCc1c(O[S@](C)=O)ccc(C(=O)O[C@@H](C#N)c2cccc(Oc3ccccc3)c2)c1OC. The molecule has 0 bridgehead atoms. The normalized spacial score (nSPS) is 12.2. The largest absolute Gasteiger partial charge is 0.495 e. The summed E-state index contributed by atoms with van der Waals surface area (Å²) in [6, 6.07) is 21.0. The number of para-hydroxylation sites is 1. The Morgan fingerprint density at radius 1 is 1.06 bits per heavy atom. The predicted octanol–water partition coefficient (Wildman–Crippen LogP) is 5.14. The summed E-state index contributed by atoms with van der Waals surface area (Å²) >= 11 is -1.54. The van der Waals surface area contributed by atoms with Crippen LogP contribution in [0.4, 0.5) is 0 Å². The topological polar surface area (TPSA) is 94.9 Å². The molecule has 3 rings (SSSR count). The molecule has 170 valence electrons. The van der Waals surface area contributed by atoms with E-state index in [0.717, 1.165) is 0 Å². The molecule has 0 aromatic heterocycles. The highest BCUT2D eigenvalue weighted by atomic mass is 32.2. The first kappa shape index (κ1) is 23.8. The lowest BCUT2D eigenvalue weighted by Crippen LogP contribution is -2.13. The quantitative estimate of drug-likeness (QED) is 0.404. The van der Waals surface area contributed by atoms with Crippen LogP contribution in [0.25, 0.3) is 0 Å². The van der Waals surface area contributed by atoms with Crippen molar-refractivity contribution in [2.24, 2.45) is 0 Å². The van der Waals surface area contributed by atoms with Crippen LogP contribution in [-0.4, -0.2) is 23.5 Å². The summed E-state index contributed by atoms with van der Waals surface area (Å²) in [5.41, 5.74) is 1.18. The fourth-order valence-electron chi connectivity index (χ4n) is 3.25. The van der Waals surface area contributed by atoms with E-state index in [-0.39, 0.29) is 11.3 Å². The van der Waals surface area contributed by atoms with E-state index >= 15 is 0 Å². The molecule has 0 amide bonds. The maximum atomic E-state index is 13.0. The van der Waals surface area contributed by atoms with Gasteiger partial charge >= 0.3 is 5.97 Å². The van der Waals surface area contributed by atoms with E-state index in [0.29, 0.717) is 34.8 Å². The van der Waals surface area contributed by atoms with Gasteiger partial charge < -0.3 is 18.4 Å². The van der Waals surface area contributed by atoms with Crippen LogP contribution in [-0.2, 0) is 22.2 Å². The average Bonchev–Trinajstić information content (AvgIpc) is 2.82. The van der Waals surface area contributed by atoms with Crippen LogP contribution in [0.15, 0.2) is 66.7 Å². The average molecular weight is 466 g/mol. The van der Waals surface area contributed by atoms with E-state index < -0.39 is 23.2 Å². The molecule has 0 spiro atoms. The van der Waals surface area contributed by atoms with Gasteiger partial charge in [0.25, 0.3) is 0 Å². The standard InChI is InChI=1S/C25H23NO6S/c1-4-20-22(32-33(3)28)14-13-21(24(20)29-2)25(27)31-23(16-26)17-9-8-12-19(15-17)30-18-10-6-5-7-11-18/h5-15,23H,4H2,1-3H3/t23-,33+/m0/s1. The van der Waals surface area contributed by atoms with Crippen molar-refractivity contribution in [3.05, 3.63) is 83.4 Å². The molecule has 8 heteroatoms. The summed E-state index contributed by atoms with van der Waals surface area (Å²) in [5, 5.41) is 9.67. The molecule has 0 saturated carbocycles. The molecule has 0 aliphatic rings. The number of methoxy groups -OCH3 is 1. The Kier molecular flexibility index (Phi) is 8.06. The van der Waals surface area contributed by atoms with Crippen molar-refractivity contribution in [1.82, 2.24) is 0 Å². The van der Waals surface area contributed by atoms with Crippen molar-refractivity contribution in [3.63, 3.8) is 0 Å². The Labute approximate surface area is 195 Å². The van der Waals surface area contributed by atoms with Gasteiger partial charge in [0, 0.05) is 17.4 Å². The Bertz CT molecular complexity index is 1190. The van der Waals surface area contributed by atoms with Crippen LogP contribution in [0.3, 0.4) is 0 Å². The summed E-state index contributed by atoms with van der Waals surface area (Å²) in [6.07, 6.45) is 0.712. The second-order valence-corrected chi connectivity index (χ2v) is 7.83. The van der Waals surface area contributed by atoms with Gasteiger partial charge in [0.1, 0.15) is 34.6 Å². The molecule has 33 heavy (non-hydrogen) atoms. The minimum Gasteiger partial charge on any atom is -0.495 e. The highest BCUT2D eigenvalue weighted by Gasteiger charge is 2.24. The van der Waals surface area contributed by atoms with Crippen LogP contribution in [0.1, 0.15) is 34.5 Å².